The van der Waals surface area contributed by atoms with Gasteiger partial charge in [-0.15, -0.1) is 0 Å². The summed E-state index contributed by atoms with van der Waals surface area (Å²) in [4.78, 5) is 77.6. The van der Waals surface area contributed by atoms with E-state index < -0.39 is 21.7 Å². The SMILES string of the molecule is CC1(C(=O)Nc2ccccc2-c2c3nc(c(-c4ccccc4NC(=O)C4(C)CCCCC4)c4ccc([nH]4)c(-c4ccccc4NC(=O)C4(C)CCCCC4)c4nc(c(-c5ccccc5NC(=O)C5(C)CCCCC5)c5ccc2[nH]5)C=C4)C=C3)CCCCC1. The van der Waals surface area contributed by atoms with Gasteiger partial charge in [0.15, 0.2) is 0 Å². The number of benzene rings is 4. The van der Waals surface area contributed by atoms with Crippen LogP contribution in [0.25, 0.3) is 90.9 Å². The zero-order valence-electron chi connectivity index (χ0n) is 51.5. The van der Waals surface area contributed by atoms with Gasteiger partial charge in [-0.3, -0.25) is 19.2 Å². The van der Waals surface area contributed by atoms with Gasteiger partial charge in [-0.1, -0.05) is 178 Å². The molecule has 13 rings (SSSR count). The quantitative estimate of drug-likeness (QED) is 0.0710. The van der Waals surface area contributed by atoms with Gasteiger partial charge in [0.05, 0.1) is 22.8 Å². The summed E-state index contributed by atoms with van der Waals surface area (Å²) in [6.45, 7) is 8.38. The molecule has 0 saturated heterocycles. The van der Waals surface area contributed by atoms with Crippen LogP contribution >= 0.6 is 0 Å². The maximum atomic E-state index is 14.6. The van der Waals surface area contributed by atoms with Crippen LogP contribution in [0.5, 0.6) is 0 Å². The van der Waals surface area contributed by atoms with E-state index in [2.05, 4.69) is 107 Å². The van der Waals surface area contributed by atoms with E-state index in [1.165, 1.54) is 0 Å². The fourth-order valence-corrected chi connectivity index (χ4v) is 14.9. The van der Waals surface area contributed by atoms with E-state index in [1.54, 1.807) is 0 Å². The third-order valence-corrected chi connectivity index (χ3v) is 20.6. The smallest absolute Gasteiger partial charge is 0.230 e. The molecule has 12 heteroatoms. The first-order valence-electron chi connectivity index (χ1n) is 32.5. The molecule has 4 saturated carbocycles. The number of carbonyl (C=O) groups excluding carboxylic acids is 4. The first-order valence-corrected chi connectivity index (χ1v) is 32.5. The molecule has 2 aliphatic heterocycles. The fraction of sp³-hybridized carbons (Fsp3) is 0.368. The Morgan fingerprint density at radius 1 is 0.307 bits per heavy atom. The van der Waals surface area contributed by atoms with Gasteiger partial charge in [-0.2, -0.15) is 0 Å². The van der Waals surface area contributed by atoms with E-state index in [0.29, 0.717) is 45.5 Å². The number of aromatic nitrogens is 4. The summed E-state index contributed by atoms with van der Waals surface area (Å²) < 4.78 is 0. The Kier molecular flexibility index (Phi) is 16.0. The molecule has 12 nitrogen and oxygen atoms in total. The zero-order chi connectivity index (χ0) is 60.6. The van der Waals surface area contributed by atoms with Crippen molar-refractivity contribution < 1.29 is 19.2 Å². The van der Waals surface area contributed by atoms with Crippen molar-refractivity contribution in [2.45, 2.75) is 156 Å². The summed E-state index contributed by atoms with van der Waals surface area (Å²) in [5.41, 5.74) is 12.5. The molecule has 4 aromatic carbocycles. The van der Waals surface area contributed by atoms with E-state index in [4.69, 9.17) is 9.97 Å². The van der Waals surface area contributed by atoms with Gasteiger partial charge in [0.25, 0.3) is 0 Å². The Morgan fingerprint density at radius 2 is 0.511 bits per heavy atom. The number of fused-ring (bicyclic) bond motifs is 8. The molecular weight excluding hydrogens is 1090 g/mol. The minimum absolute atomic E-state index is 0.00446. The summed E-state index contributed by atoms with van der Waals surface area (Å²) >= 11 is 0. The molecule has 4 aliphatic carbocycles. The lowest BCUT2D eigenvalue weighted by Gasteiger charge is -2.32. The van der Waals surface area contributed by atoms with Crippen molar-refractivity contribution in [3.63, 3.8) is 0 Å². The zero-order valence-corrected chi connectivity index (χ0v) is 51.5. The molecule has 450 valence electrons. The molecule has 7 aromatic rings. The van der Waals surface area contributed by atoms with Gasteiger partial charge in [0.1, 0.15) is 0 Å². The first-order chi connectivity index (χ1) is 42.7. The highest BCUT2D eigenvalue weighted by Gasteiger charge is 2.39. The Morgan fingerprint density at radius 3 is 0.727 bits per heavy atom. The van der Waals surface area contributed by atoms with E-state index in [-0.39, 0.29) is 23.6 Å². The molecule has 0 spiro atoms. The Labute approximate surface area is 517 Å². The Bertz CT molecular complexity index is 3600. The Hall–Kier alpha value is -8.64. The van der Waals surface area contributed by atoms with Crippen LogP contribution in [0.3, 0.4) is 0 Å². The second-order valence-electron chi connectivity index (χ2n) is 27.0. The summed E-state index contributed by atoms with van der Waals surface area (Å²) in [7, 11) is 0. The van der Waals surface area contributed by atoms with Gasteiger partial charge in [0.2, 0.25) is 23.6 Å². The van der Waals surface area contributed by atoms with Crippen molar-refractivity contribution in [1.29, 1.82) is 0 Å². The van der Waals surface area contributed by atoms with Crippen molar-refractivity contribution in [2.75, 3.05) is 21.3 Å². The number of nitrogens with one attached hydrogen (secondary N) is 6. The lowest BCUT2D eigenvalue weighted by Crippen LogP contribution is -2.35. The number of hydrogen-bond donors (Lipinski definition) is 6. The van der Waals surface area contributed by atoms with Crippen LogP contribution in [0, 0.1) is 21.7 Å². The average Bonchev–Trinajstić information content (AvgIpc) is 2.06. The van der Waals surface area contributed by atoms with Crippen molar-refractivity contribution in [3.8, 4) is 44.5 Å². The van der Waals surface area contributed by atoms with E-state index >= 15 is 0 Å². The van der Waals surface area contributed by atoms with Crippen LogP contribution in [-0.2, 0) is 19.2 Å². The molecule has 0 radical (unpaired) electrons. The molecule has 0 unspecified atom stereocenters. The lowest BCUT2D eigenvalue weighted by molar-refractivity contribution is -0.127. The molecule has 6 aliphatic rings. The van der Waals surface area contributed by atoms with E-state index in [1.807, 2.05) is 97.1 Å². The number of rotatable bonds is 12. The number of anilines is 4. The van der Waals surface area contributed by atoms with Crippen molar-refractivity contribution in [1.82, 2.24) is 19.9 Å². The van der Waals surface area contributed by atoms with E-state index in [0.717, 1.165) is 195 Å². The van der Waals surface area contributed by atoms with Gasteiger partial charge >= 0.3 is 0 Å². The monoisotopic (exact) mass is 1170 g/mol. The molecule has 4 fully saturated rings. The normalized spacial score (nSPS) is 18.2. The number of hydrogen-bond acceptors (Lipinski definition) is 6. The van der Waals surface area contributed by atoms with Gasteiger partial charge in [-0.05, 0) is 124 Å². The number of aromatic amines is 2. The maximum Gasteiger partial charge on any atom is 0.230 e. The highest BCUT2D eigenvalue weighted by atomic mass is 16.2. The van der Waals surface area contributed by atoms with Crippen LogP contribution in [-0.4, -0.2) is 43.6 Å². The van der Waals surface area contributed by atoms with Crippen LogP contribution < -0.4 is 21.3 Å². The van der Waals surface area contributed by atoms with Crippen LogP contribution in [0.1, 0.15) is 179 Å². The Balaban J connectivity index is 1.10. The van der Waals surface area contributed by atoms with Crippen molar-refractivity contribution in [3.05, 3.63) is 144 Å². The minimum Gasteiger partial charge on any atom is -0.354 e. The number of nitrogens with zero attached hydrogens (tertiary/aromatic N) is 2. The molecular formula is C76H82N8O4. The van der Waals surface area contributed by atoms with Gasteiger partial charge in [-0.25, -0.2) is 9.97 Å². The number of carbonyl (C=O) groups is 4. The second-order valence-corrected chi connectivity index (χ2v) is 27.0. The van der Waals surface area contributed by atoms with E-state index in [9.17, 15) is 19.2 Å². The predicted molar refractivity (Wildman–Crippen MR) is 360 cm³/mol. The number of para-hydroxylation sites is 4. The molecule has 88 heavy (non-hydrogen) atoms. The summed E-state index contributed by atoms with van der Waals surface area (Å²) in [5.74, 6) is 0.0179. The maximum absolute atomic E-state index is 14.6. The first kappa shape index (κ1) is 58.4. The second kappa shape index (κ2) is 24.1. The van der Waals surface area contributed by atoms with Gasteiger partial charge < -0.3 is 31.2 Å². The number of H-pyrrole nitrogens is 2. The molecule has 0 atom stereocenters. The van der Waals surface area contributed by atoms with Gasteiger partial charge in [0, 0.05) is 111 Å². The molecule has 5 heterocycles. The highest BCUT2D eigenvalue weighted by Crippen LogP contribution is 2.47. The minimum atomic E-state index is -0.509. The highest BCUT2D eigenvalue weighted by molar-refractivity contribution is 6.09. The van der Waals surface area contributed by atoms with Crippen molar-refractivity contribution >= 4 is 92.7 Å². The molecule has 6 N–H and O–H groups in total. The topological polar surface area (TPSA) is 174 Å². The predicted octanol–water partition coefficient (Wildman–Crippen LogP) is 19.0. The van der Waals surface area contributed by atoms with Crippen LogP contribution in [0.2, 0.25) is 0 Å². The van der Waals surface area contributed by atoms with Crippen LogP contribution in [0.15, 0.2) is 121 Å². The average molecular weight is 1170 g/mol. The third kappa shape index (κ3) is 11.3. The lowest BCUT2D eigenvalue weighted by atomic mass is 9.75. The summed E-state index contributed by atoms with van der Waals surface area (Å²) in [5, 5.41) is 13.8. The molecule has 3 aromatic heterocycles. The molecule has 4 amide bonds. The standard InChI is InChI=1S/C76H82N8O4/c1-73(41-17-5-18-42-73)69(85)81-53-29-13-9-25-49(53)65-57-33-35-59(77-57)66(50-26-10-14-30-54(50)82-70(86)74(2)43-19-6-20-44-74)61-37-39-63(79-61)68(52-28-12-16-32-56(52)84-72(88)76(4)47-23-8-24-48-76)64-40-38-62(80-64)67(60-36-34-58(65)78-60)51-27-11-15-31-55(51)83-71(87)75(3)45-21-7-22-46-75/h9-16,25-40,77,80H,5-8,17-24,41-48H2,1-4H3,(H,81,85)(H,82,86)(H,83,87)(H,84,88). The molecule has 8 bridgehead atoms. The fourth-order valence-electron chi connectivity index (χ4n) is 14.9. The number of amides is 4. The largest absolute Gasteiger partial charge is 0.354 e. The summed E-state index contributed by atoms with van der Waals surface area (Å²) in [6.07, 6.45) is 27.4. The van der Waals surface area contributed by atoms with Crippen LogP contribution in [0.4, 0.5) is 22.7 Å². The van der Waals surface area contributed by atoms with Crippen molar-refractivity contribution in [2.24, 2.45) is 21.7 Å². The summed E-state index contributed by atoms with van der Waals surface area (Å²) in [6, 6.07) is 40.3. The third-order valence-electron chi connectivity index (χ3n) is 20.6.